The molecule has 0 aromatic heterocycles. The summed E-state index contributed by atoms with van der Waals surface area (Å²) in [7, 11) is -7.21. The van der Waals surface area contributed by atoms with Crippen LogP contribution in [0.1, 0.15) is 0 Å². The minimum atomic E-state index is -4.41. The Morgan fingerprint density at radius 1 is 0.786 bits per heavy atom. The van der Waals surface area contributed by atoms with Gasteiger partial charge in [0.1, 0.15) is 0 Å². The van der Waals surface area contributed by atoms with Gasteiger partial charge in [-0.1, -0.05) is 0 Å². The van der Waals surface area contributed by atoms with Gasteiger partial charge >= 0.3 is 59.1 Å². The quantitative estimate of drug-likeness (QED) is 0.274. The van der Waals surface area contributed by atoms with Crippen molar-refractivity contribution in [1.82, 2.24) is 0 Å². The van der Waals surface area contributed by atoms with E-state index in [2.05, 4.69) is 8.37 Å². The molecule has 0 amide bonds. The molecule has 0 radical (unpaired) electrons. The van der Waals surface area contributed by atoms with E-state index in [4.69, 9.17) is 0 Å². The zero-order valence-electron chi connectivity index (χ0n) is 8.08. The second-order valence-electron chi connectivity index (χ2n) is 1.15. The van der Waals surface area contributed by atoms with Crippen molar-refractivity contribution in [1.29, 1.82) is 0 Å². The minimum Gasteiger partial charge on any atom is -0.726 e. The average Bonchev–Trinajstić information content (AvgIpc) is 1.86. The van der Waals surface area contributed by atoms with E-state index in [1.54, 1.807) is 0 Å². The van der Waals surface area contributed by atoms with Gasteiger partial charge in [-0.2, -0.15) is 0 Å². The summed E-state index contributed by atoms with van der Waals surface area (Å²) in [6.07, 6.45) is 0. The Morgan fingerprint density at radius 3 is 0.857 bits per heavy atom. The Kier molecular flexibility index (Phi) is 19.9. The summed E-state index contributed by atoms with van der Waals surface area (Å²) in [6, 6.07) is 0. The molecule has 0 rings (SSSR count). The molecule has 0 aliphatic rings. The Hall–Kier alpha value is 1.74. The van der Waals surface area contributed by atoms with Gasteiger partial charge in [-0.05, 0) is 0 Å². The van der Waals surface area contributed by atoms with E-state index >= 15 is 0 Å². The summed E-state index contributed by atoms with van der Waals surface area (Å²) >= 11 is 0. The smallest absolute Gasteiger partial charge is 0.726 e. The monoisotopic (exact) mass is 268 g/mol. The first-order chi connectivity index (χ1) is 5.12. The Labute approximate surface area is 127 Å². The molecule has 0 spiro atoms. The molecule has 0 saturated carbocycles. The summed E-state index contributed by atoms with van der Waals surface area (Å²) < 4.78 is 62.0. The number of rotatable bonds is 2. The van der Waals surface area contributed by atoms with Gasteiger partial charge in [0, 0.05) is 0 Å². The molecule has 0 aromatic carbocycles. The predicted octanol–water partition coefficient (Wildman–Crippen LogP) is -7.81. The van der Waals surface area contributed by atoms with Gasteiger partial charge in [0.05, 0.1) is 14.2 Å². The van der Waals surface area contributed by atoms with E-state index < -0.39 is 20.8 Å². The first-order valence-electron chi connectivity index (χ1n) is 2.15. The first kappa shape index (κ1) is 24.8. The molecule has 0 atom stereocenters. The Balaban J connectivity index is -0.0000000625. The number of hydrogen-bond donors (Lipinski definition) is 0. The van der Waals surface area contributed by atoms with Crippen LogP contribution in [0.2, 0.25) is 0 Å². The van der Waals surface area contributed by atoms with Gasteiger partial charge in [-0.25, -0.2) is 16.8 Å². The molecule has 0 bridgehead atoms. The Bertz CT molecular complexity index is 259. The van der Waals surface area contributed by atoms with Crippen LogP contribution in [-0.2, 0) is 29.2 Å². The zero-order chi connectivity index (χ0) is 10.4. The van der Waals surface area contributed by atoms with Crippen molar-refractivity contribution in [2.45, 2.75) is 0 Å². The van der Waals surface area contributed by atoms with E-state index in [1.807, 2.05) is 0 Å². The minimum absolute atomic E-state index is 0. The molecule has 0 heterocycles. The van der Waals surface area contributed by atoms with Gasteiger partial charge in [0.15, 0.2) is 0 Å². The van der Waals surface area contributed by atoms with E-state index in [-0.39, 0.29) is 59.1 Å². The molecule has 0 unspecified atom stereocenters. The second kappa shape index (κ2) is 11.2. The van der Waals surface area contributed by atoms with Crippen LogP contribution in [-0.4, -0.2) is 40.2 Å². The molecule has 8 nitrogen and oxygen atoms in total. The van der Waals surface area contributed by atoms with Crippen molar-refractivity contribution >= 4 is 20.8 Å². The van der Waals surface area contributed by atoms with Gasteiger partial charge < -0.3 is 9.11 Å². The second-order valence-corrected chi connectivity index (χ2v) is 3.45. The van der Waals surface area contributed by atoms with Crippen LogP contribution >= 0.6 is 0 Å². The van der Waals surface area contributed by atoms with E-state index in [9.17, 15) is 25.9 Å². The van der Waals surface area contributed by atoms with Crippen molar-refractivity contribution < 1.29 is 93.4 Å². The molecule has 0 fully saturated rings. The van der Waals surface area contributed by atoms with Crippen LogP contribution in [0.4, 0.5) is 0 Å². The largest absolute Gasteiger partial charge is 1.00 e. The Morgan fingerprint density at radius 2 is 0.857 bits per heavy atom. The molecule has 0 aromatic rings. The summed E-state index contributed by atoms with van der Waals surface area (Å²) in [5, 5.41) is 0. The third-order valence-corrected chi connectivity index (χ3v) is 1.22. The average molecular weight is 268 g/mol. The van der Waals surface area contributed by atoms with Gasteiger partial charge in [0.25, 0.3) is 0 Å². The first-order valence-corrected chi connectivity index (χ1v) is 4.82. The predicted molar refractivity (Wildman–Crippen MR) is 33.4 cm³/mol. The van der Waals surface area contributed by atoms with Crippen LogP contribution < -0.4 is 59.1 Å². The third kappa shape index (κ3) is 37.2. The fraction of sp³-hybridized carbons (Fsp3) is 1.00. The summed E-state index contributed by atoms with van der Waals surface area (Å²) in [4.78, 5) is 0. The van der Waals surface area contributed by atoms with E-state index in [1.165, 1.54) is 0 Å². The third-order valence-electron chi connectivity index (χ3n) is 0.408. The molecule has 0 N–H and O–H groups in total. The maximum Gasteiger partial charge on any atom is 1.00 e. The normalized spacial score (nSPS) is 10.0. The summed E-state index contributed by atoms with van der Waals surface area (Å²) in [5.74, 6) is 0. The van der Waals surface area contributed by atoms with Crippen molar-refractivity contribution in [3.05, 3.63) is 0 Å². The molecule has 0 aliphatic heterocycles. The summed E-state index contributed by atoms with van der Waals surface area (Å²) in [6.45, 7) is 0. The van der Waals surface area contributed by atoms with Crippen molar-refractivity contribution in [2.24, 2.45) is 0 Å². The van der Waals surface area contributed by atoms with Crippen LogP contribution in [0.3, 0.4) is 0 Å². The van der Waals surface area contributed by atoms with Crippen molar-refractivity contribution in [3.8, 4) is 0 Å². The van der Waals surface area contributed by atoms with Gasteiger partial charge in [-0.3, -0.25) is 8.37 Å². The molecular weight excluding hydrogens is 262 g/mol. The van der Waals surface area contributed by atoms with Crippen molar-refractivity contribution in [2.75, 3.05) is 14.2 Å². The molecule has 12 heteroatoms. The molecule has 0 aliphatic carbocycles. The molecule has 14 heavy (non-hydrogen) atoms. The van der Waals surface area contributed by atoms with Gasteiger partial charge in [0.2, 0.25) is 20.8 Å². The maximum absolute atomic E-state index is 9.22. The SMILES string of the molecule is COS(=O)(=O)[O-].COS(=O)(=O)[O-].[Na+].[Na+]. The van der Waals surface area contributed by atoms with Crippen molar-refractivity contribution in [3.63, 3.8) is 0 Å². The molecule has 76 valence electrons. The molecular formula is C2H6Na2O8S2. The fourth-order valence-corrected chi connectivity index (χ4v) is 0. The van der Waals surface area contributed by atoms with Crippen LogP contribution in [0.15, 0.2) is 0 Å². The van der Waals surface area contributed by atoms with Crippen LogP contribution in [0.25, 0.3) is 0 Å². The van der Waals surface area contributed by atoms with E-state index in [0.29, 0.717) is 0 Å². The van der Waals surface area contributed by atoms with Crippen LogP contribution in [0.5, 0.6) is 0 Å². The van der Waals surface area contributed by atoms with Crippen LogP contribution in [0, 0.1) is 0 Å². The molecule has 0 saturated heterocycles. The fourth-order valence-electron chi connectivity index (χ4n) is 0. The summed E-state index contributed by atoms with van der Waals surface area (Å²) in [5.41, 5.74) is 0. The standard InChI is InChI=1S/2CH4O4S.2Na/c2*1-5-6(2,3)4;;/h2*1H3,(H,2,3,4);;/q;;2*+1/p-2. The maximum atomic E-state index is 9.22. The number of hydrogen-bond acceptors (Lipinski definition) is 8. The van der Waals surface area contributed by atoms with E-state index in [0.717, 1.165) is 14.2 Å². The topological polar surface area (TPSA) is 133 Å². The van der Waals surface area contributed by atoms with Gasteiger partial charge in [-0.15, -0.1) is 0 Å². The zero-order valence-corrected chi connectivity index (χ0v) is 13.7.